The monoisotopic (exact) mass is 255 g/mol. The summed E-state index contributed by atoms with van der Waals surface area (Å²) in [4.78, 5) is 11.0. The molecule has 4 heteroatoms. The second-order valence-corrected chi connectivity index (χ2v) is 3.39. The van der Waals surface area contributed by atoms with Crippen LogP contribution in [0.4, 0.5) is 5.69 Å². The van der Waals surface area contributed by atoms with Crippen LogP contribution >= 0.6 is 15.9 Å². The summed E-state index contributed by atoms with van der Waals surface area (Å²) in [6.45, 7) is 3.37. The molecule has 0 aliphatic rings. The van der Waals surface area contributed by atoms with Gasteiger partial charge in [0.15, 0.2) is 0 Å². The Bertz CT molecular complexity index is 363. The van der Waals surface area contributed by atoms with Gasteiger partial charge in [-0.05, 0) is 40.2 Å². The highest BCUT2D eigenvalue weighted by Gasteiger charge is 2.03. The van der Waals surface area contributed by atoms with E-state index in [2.05, 4.69) is 27.8 Å². The molecule has 0 saturated heterocycles. The van der Waals surface area contributed by atoms with Gasteiger partial charge in [-0.15, -0.1) is 0 Å². The maximum absolute atomic E-state index is 11.0. The minimum absolute atomic E-state index is 0.240. The lowest BCUT2D eigenvalue weighted by atomic mass is 10.3. The molecule has 0 unspecified atom stereocenters. The van der Waals surface area contributed by atoms with Crippen LogP contribution in [-0.4, -0.2) is 13.0 Å². The average molecular weight is 256 g/mol. The van der Waals surface area contributed by atoms with Crippen molar-refractivity contribution in [3.05, 3.63) is 35.3 Å². The first kappa shape index (κ1) is 10.8. The molecule has 0 aliphatic heterocycles. The third-order valence-corrected chi connectivity index (χ3v) is 2.28. The van der Waals surface area contributed by atoms with Crippen molar-refractivity contribution in [2.45, 2.75) is 0 Å². The first-order valence-corrected chi connectivity index (χ1v) is 4.73. The van der Waals surface area contributed by atoms with Gasteiger partial charge in [0.2, 0.25) is 5.91 Å². The van der Waals surface area contributed by atoms with E-state index in [-0.39, 0.29) is 5.91 Å². The highest BCUT2D eigenvalue weighted by Crippen LogP contribution is 2.26. The minimum Gasteiger partial charge on any atom is -0.497 e. The minimum atomic E-state index is -0.240. The van der Waals surface area contributed by atoms with Gasteiger partial charge in [0.05, 0.1) is 12.8 Å². The predicted octanol–water partition coefficient (Wildman–Crippen LogP) is 2.58. The van der Waals surface area contributed by atoms with Crippen LogP contribution in [0.2, 0.25) is 0 Å². The third-order valence-electron chi connectivity index (χ3n) is 1.62. The lowest BCUT2D eigenvalue weighted by Crippen LogP contribution is -2.07. The summed E-state index contributed by atoms with van der Waals surface area (Å²) in [5.41, 5.74) is 0.690. The van der Waals surface area contributed by atoms with E-state index >= 15 is 0 Å². The Labute approximate surface area is 90.9 Å². The molecule has 0 atom stereocenters. The van der Waals surface area contributed by atoms with Gasteiger partial charge in [0.25, 0.3) is 0 Å². The highest BCUT2D eigenvalue weighted by atomic mass is 79.9. The molecule has 0 aromatic heterocycles. The van der Waals surface area contributed by atoms with Gasteiger partial charge in [-0.2, -0.15) is 0 Å². The van der Waals surface area contributed by atoms with E-state index in [1.165, 1.54) is 6.08 Å². The summed E-state index contributed by atoms with van der Waals surface area (Å²) >= 11 is 3.32. The molecular formula is C10H10BrNO2. The van der Waals surface area contributed by atoms with Gasteiger partial charge < -0.3 is 10.1 Å². The van der Waals surface area contributed by atoms with Crippen LogP contribution < -0.4 is 10.1 Å². The molecule has 3 nitrogen and oxygen atoms in total. The Morgan fingerprint density at radius 1 is 1.64 bits per heavy atom. The molecule has 0 spiro atoms. The molecule has 0 radical (unpaired) electrons. The Morgan fingerprint density at radius 3 is 2.86 bits per heavy atom. The van der Waals surface area contributed by atoms with Crippen molar-refractivity contribution >= 4 is 27.5 Å². The van der Waals surface area contributed by atoms with Crippen molar-refractivity contribution in [1.29, 1.82) is 0 Å². The average Bonchev–Trinajstić information content (AvgIpc) is 2.20. The van der Waals surface area contributed by atoms with E-state index in [9.17, 15) is 4.79 Å². The van der Waals surface area contributed by atoms with E-state index in [0.29, 0.717) is 5.69 Å². The van der Waals surface area contributed by atoms with Crippen LogP contribution in [0.1, 0.15) is 0 Å². The number of carbonyl (C=O) groups excluding carboxylic acids is 1. The Hall–Kier alpha value is -1.29. The molecular weight excluding hydrogens is 246 g/mol. The van der Waals surface area contributed by atoms with Crippen LogP contribution in [-0.2, 0) is 4.79 Å². The second-order valence-electron chi connectivity index (χ2n) is 2.54. The maximum atomic E-state index is 11.0. The van der Waals surface area contributed by atoms with Gasteiger partial charge in [-0.3, -0.25) is 4.79 Å². The molecule has 0 heterocycles. The Kier molecular flexibility index (Phi) is 3.71. The van der Waals surface area contributed by atoms with Crippen LogP contribution in [0.3, 0.4) is 0 Å². The molecule has 14 heavy (non-hydrogen) atoms. The zero-order valence-corrected chi connectivity index (χ0v) is 9.30. The fourth-order valence-corrected chi connectivity index (χ4v) is 1.36. The third kappa shape index (κ3) is 2.60. The number of anilines is 1. The topological polar surface area (TPSA) is 38.3 Å². The summed E-state index contributed by atoms with van der Waals surface area (Å²) in [6.07, 6.45) is 1.22. The van der Waals surface area contributed by atoms with Gasteiger partial charge in [-0.1, -0.05) is 6.58 Å². The van der Waals surface area contributed by atoms with Crippen molar-refractivity contribution in [2.24, 2.45) is 0 Å². The van der Waals surface area contributed by atoms with Crippen LogP contribution in [0.25, 0.3) is 0 Å². The number of hydrogen-bond acceptors (Lipinski definition) is 2. The Morgan fingerprint density at radius 2 is 2.36 bits per heavy atom. The number of carbonyl (C=O) groups is 1. The molecule has 1 aromatic carbocycles. The zero-order valence-electron chi connectivity index (χ0n) is 7.71. The molecule has 0 bridgehead atoms. The predicted molar refractivity (Wildman–Crippen MR) is 59.5 cm³/mol. The van der Waals surface area contributed by atoms with E-state index in [1.54, 1.807) is 25.3 Å². The normalized spacial score (nSPS) is 9.29. The molecule has 0 saturated carbocycles. The van der Waals surface area contributed by atoms with E-state index in [4.69, 9.17) is 4.74 Å². The van der Waals surface area contributed by atoms with Crippen molar-refractivity contribution < 1.29 is 9.53 Å². The maximum Gasteiger partial charge on any atom is 0.247 e. The van der Waals surface area contributed by atoms with Crippen molar-refractivity contribution in [3.63, 3.8) is 0 Å². The standard InChI is InChI=1S/C10H10BrNO2/c1-3-10(13)12-9-5-4-7(14-2)6-8(9)11/h3-6H,1H2,2H3,(H,12,13). The SMILES string of the molecule is C=CC(=O)Nc1ccc(OC)cc1Br. The van der Waals surface area contributed by atoms with Crippen molar-refractivity contribution in [1.82, 2.24) is 0 Å². The van der Waals surface area contributed by atoms with Crippen LogP contribution in [0, 0.1) is 0 Å². The molecule has 0 aliphatic carbocycles. The van der Waals surface area contributed by atoms with Gasteiger partial charge >= 0.3 is 0 Å². The smallest absolute Gasteiger partial charge is 0.247 e. The highest BCUT2D eigenvalue weighted by molar-refractivity contribution is 9.10. The fraction of sp³-hybridized carbons (Fsp3) is 0.100. The zero-order chi connectivity index (χ0) is 10.6. The summed E-state index contributed by atoms with van der Waals surface area (Å²) in [7, 11) is 1.59. The largest absolute Gasteiger partial charge is 0.497 e. The quantitative estimate of drug-likeness (QED) is 0.844. The number of nitrogens with one attached hydrogen (secondary N) is 1. The van der Waals surface area contributed by atoms with E-state index in [0.717, 1.165) is 10.2 Å². The number of methoxy groups -OCH3 is 1. The first-order chi connectivity index (χ1) is 6.67. The number of benzene rings is 1. The van der Waals surface area contributed by atoms with Gasteiger partial charge in [0, 0.05) is 4.47 Å². The van der Waals surface area contributed by atoms with Crippen LogP contribution in [0.5, 0.6) is 5.75 Å². The second kappa shape index (κ2) is 4.81. The summed E-state index contributed by atoms with van der Waals surface area (Å²) in [5.74, 6) is 0.490. The number of hydrogen-bond donors (Lipinski definition) is 1. The van der Waals surface area contributed by atoms with Crippen LogP contribution in [0.15, 0.2) is 35.3 Å². The van der Waals surface area contributed by atoms with E-state index < -0.39 is 0 Å². The summed E-state index contributed by atoms with van der Waals surface area (Å²) in [5, 5.41) is 2.65. The first-order valence-electron chi connectivity index (χ1n) is 3.94. The van der Waals surface area contributed by atoms with E-state index in [1.807, 2.05) is 0 Å². The lowest BCUT2D eigenvalue weighted by Gasteiger charge is -2.06. The molecule has 1 aromatic rings. The Balaban J connectivity index is 2.88. The van der Waals surface area contributed by atoms with Crippen molar-refractivity contribution in [3.8, 4) is 5.75 Å². The molecule has 1 amide bonds. The number of amides is 1. The number of halogens is 1. The molecule has 74 valence electrons. The fourth-order valence-electron chi connectivity index (χ4n) is 0.908. The van der Waals surface area contributed by atoms with Gasteiger partial charge in [-0.25, -0.2) is 0 Å². The summed E-state index contributed by atoms with van der Waals surface area (Å²) < 4.78 is 5.79. The molecule has 1 rings (SSSR count). The van der Waals surface area contributed by atoms with Gasteiger partial charge in [0.1, 0.15) is 5.75 Å². The molecule has 1 N–H and O–H groups in total. The number of rotatable bonds is 3. The summed E-state index contributed by atoms with van der Waals surface area (Å²) in [6, 6.07) is 5.30. The number of ether oxygens (including phenoxy) is 1. The lowest BCUT2D eigenvalue weighted by molar-refractivity contribution is -0.111. The molecule has 0 fully saturated rings. The van der Waals surface area contributed by atoms with Crippen molar-refractivity contribution in [2.75, 3.05) is 12.4 Å².